The predicted octanol–water partition coefficient (Wildman–Crippen LogP) is 2.36. The van der Waals surface area contributed by atoms with E-state index in [4.69, 9.17) is 4.74 Å². The first-order valence-electron chi connectivity index (χ1n) is 7.95. The van der Waals surface area contributed by atoms with Gasteiger partial charge in [0.05, 0.1) is 19.1 Å². The lowest BCUT2D eigenvalue weighted by atomic mass is 9.96. The smallest absolute Gasteiger partial charge is 0.228 e. The van der Waals surface area contributed by atoms with Crippen molar-refractivity contribution in [1.82, 2.24) is 10.2 Å². The molecule has 0 aliphatic carbocycles. The van der Waals surface area contributed by atoms with Crippen LogP contribution >= 0.6 is 0 Å². The molecule has 4 heteroatoms. The summed E-state index contributed by atoms with van der Waals surface area (Å²) in [4.78, 5) is 14.8. The monoisotopic (exact) mass is 288 g/mol. The molecule has 1 unspecified atom stereocenters. The van der Waals surface area contributed by atoms with Crippen LogP contribution in [0.5, 0.6) is 5.75 Å². The number of carbonyl (C=O) groups excluding carboxylic acids is 1. The van der Waals surface area contributed by atoms with Gasteiger partial charge in [-0.15, -0.1) is 0 Å². The highest BCUT2D eigenvalue weighted by atomic mass is 16.5. The van der Waals surface area contributed by atoms with E-state index in [0.717, 1.165) is 38.2 Å². The van der Waals surface area contributed by atoms with Crippen molar-refractivity contribution >= 4 is 5.91 Å². The molecule has 0 aromatic heterocycles. The average molecular weight is 288 g/mol. The number of hydrogen-bond donors (Lipinski definition) is 1. The summed E-state index contributed by atoms with van der Waals surface area (Å²) in [5.41, 5.74) is 1.23. The molecule has 0 bridgehead atoms. The fraction of sp³-hybridized carbons (Fsp3) is 0.588. The van der Waals surface area contributed by atoms with Gasteiger partial charge in [-0.3, -0.25) is 4.79 Å². The topological polar surface area (TPSA) is 41.6 Å². The van der Waals surface area contributed by atoms with Gasteiger partial charge in [-0.05, 0) is 30.5 Å². The highest BCUT2D eigenvalue weighted by molar-refractivity contribution is 5.80. The number of rotatable bonds is 3. The summed E-state index contributed by atoms with van der Waals surface area (Å²) >= 11 is 0. The summed E-state index contributed by atoms with van der Waals surface area (Å²) in [5, 5.41) is 3.20. The van der Waals surface area contributed by atoms with Crippen LogP contribution in [-0.4, -0.2) is 37.6 Å². The molecule has 1 N–H and O–H groups in total. The first kappa shape index (κ1) is 14.4. The van der Waals surface area contributed by atoms with Crippen molar-refractivity contribution in [2.24, 2.45) is 5.92 Å². The number of benzene rings is 1. The predicted molar refractivity (Wildman–Crippen MR) is 82.3 cm³/mol. The second-order valence-corrected chi connectivity index (χ2v) is 6.03. The SMILES string of the molecule is COc1ccc(C2CCCCCN2C(=O)C2CNC2)cc1. The van der Waals surface area contributed by atoms with Crippen LogP contribution in [0.3, 0.4) is 0 Å². The molecule has 4 nitrogen and oxygen atoms in total. The van der Waals surface area contributed by atoms with Crippen molar-refractivity contribution in [1.29, 1.82) is 0 Å². The molecule has 0 saturated carbocycles. The zero-order chi connectivity index (χ0) is 14.7. The summed E-state index contributed by atoms with van der Waals surface area (Å²) in [7, 11) is 1.68. The summed E-state index contributed by atoms with van der Waals surface area (Å²) in [6.07, 6.45) is 4.61. The summed E-state index contributed by atoms with van der Waals surface area (Å²) in [6, 6.07) is 8.43. The molecule has 1 aromatic carbocycles. The van der Waals surface area contributed by atoms with Gasteiger partial charge in [0.15, 0.2) is 0 Å². The lowest BCUT2D eigenvalue weighted by Crippen LogP contribution is -2.52. The number of likely N-dealkylation sites (tertiary alicyclic amines) is 1. The summed E-state index contributed by atoms with van der Waals surface area (Å²) in [6.45, 7) is 2.57. The van der Waals surface area contributed by atoms with E-state index in [1.165, 1.54) is 18.4 Å². The fourth-order valence-electron chi connectivity index (χ4n) is 3.24. The zero-order valence-electron chi connectivity index (χ0n) is 12.7. The van der Waals surface area contributed by atoms with Gasteiger partial charge in [0.2, 0.25) is 5.91 Å². The molecule has 2 heterocycles. The first-order chi connectivity index (χ1) is 10.3. The molecule has 114 valence electrons. The fourth-order valence-corrected chi connectivity index (χ4v) is 3.24. The first-order valence-corrected chi connectivity index (χ1v) is 7.95. The lowest BCUT2D eigenvalue weighted by molar-refractivity contribution is -0.139. The second kappa shape index (κ2) is 6.48. The van der Waals surface area contributed by atoms with Crippen molar-refractivity contribution in [3.05, 3.63) is 29.8 Å². The summed E-state index contributed by atoms with van der Waals surface area (Å²) in [5.74, 6) is 1.38. The van der Waals surface area contributed by atoms with Gasteiger partial charge in [0.1, 0.15) is 5.75 Å². The molecule has 2 saturated heterocycles. The van der Waals surface area contributed by atoms with Crippen molar-refractivity contribution in [3.8, 4) is 5.75 Å². The average Bonchev–Trinajstić information content (AvgIpc) is 2.71. The molecular formula is C17H24N2O2. The molecular weight excluding hydrogens is 264 g/mol. The number of amides is 1. The van der Waals surface area contributed by atoms with E-state index in [1.54, 1.807) is 7.11 Å². The Hall–Kier alpha value is -1.55. The number of nitrogens with one attached hydrogen (secondary N) is 1. The van der Waals surface area contributed by atoms with Crippen LogP contribution in [0.1, 0.15) is 37.3 Å². The molecule has 21 heavy (non-hydrogen) atoms. The van der Waals surface area contributed by atoms with Crippen LogP contribution in [-0.2, 0) is 4.79 Å². The summed E-state index contributed by atoms with van der Waals surface area (Å²) < 4.78 is 5.23. The van der Waals surface area contributed by atoms with E-state index in [9.17, 15) is 4.79 Å². The van der Waals surface area contributed by atoms with Gasteiger partial charge >= 0.3 is 0 Å². The number of ether oxygens (including phenoxy) is 1. The maximum atomic E-state index is 12.7. The molecule has 1 amide bonds. The standard InChI is InChI=1S/C17H24N2O2/c1-21-15-8-6-13(7-9-15)16-5-3-2-4-10-19(16)17(20)14-11-18-12-14/h6-9,14,16,18H,2-5,10-12H2,1H3. The van der Waals surface area contributed by atoms with Crippen molar-refractivity contribution in [3.63, 3.8) is 0 Å². The number of carbonyl (C=O) groups is 1. The van der Waals surface area contributed by atoms with Crippen LogP contribution in [0.2, 0.25) is 0 Å². The lowest BCUT2D eigenvalue weighted by Gasteiger charge is -2.36. The van der Waals surface area contributed by atoms with Crippen molar-refractivity contribution in [2.75, 3.05) is 26.7 Å². The van der Waals surface area contributed by atoms with Gasteiger partial charge in [-0.2, -0.15) is 0 Å². The van der Waals surface area contributed by atoms with E-state index in [1.807, 2.05) is 12.1 Å². The Balaban J connectivity index is 1.81. The third kappa shape index (κ3) is 3.05. The number of methoxy groups -OCH3 is 1. The molecule has 0 radical (unpaired) electrons. The van der Waals surface area contributed by atoms with E-state index < -0.39 is 0 Å². The van der Waals surface area contributed by atoms with Crippen molar-refractivity contribution in [2.45, 2.75) is 31.7 Å². The minimum Gasteiger partial charge on any atom is -0.497 e. The third-order valence-corrected chi connectivity index (χ3v) is 4.67. The minimum atomic E-state index is 0.184. The Labute approximate surface area is 126 Å². The molecule has 0 spiro atoms. The van der Waals surface area contributed by atoms with E-state index in [2.05, 4.69) is 22.3 Å². The minimum absolute atomic E-state index is 0.184. The second-order valence-electron chi connectivity index (χ2n) is 6.03. The molecule has 2 aliphatic rings. The quantitative estimate of drug-likeness (QED) is 0.928. The van der Waals surface area contributed by atoms with Crippen molar-refractivity contribution < 1.29 is 9.53 Å². The van der Waals surface area contributed by atoms with Gasteiger partial charge in [-0.25, -0.2) is 0 Å². The van der Waals surface area contributed by atoms with Crippen LogP contribution in [0, 0.1) is 5.92 Å². The molecule has 1 aromatic rings. The maximum Gasteiger partial charge on any atom is 0.228 e. The van der Waals surface area contributed by atoms with Gasteiger partial charge in [0, 0.05) is 19.6 Å². The molecule has 2 fully saturated rings. The Morgan fingerprint density at radius 3 is 2.57 bits per heavy atom. The third-order valence-electron chi connectivity index (χ3n) is 4.67. The Bertz CT molecular complexity index is 482. The number of hydrogen-bond acceptors (Lipinski definition) is 3. The van der Waals surface area contributed by atoms with E-state index in [0.29, 0.717) is 5.91 Å². The van der Waals surface area contributed by atoms with Crippen LogP contribution in [0.25, 0.3) is 0 Å². The molecule has 1 atom stereocenters. The van der Waals surface area contributed by atoms with Crippen LogP contribution < -0.4 is 10.1 Å². The molecule has 2 aliphatic heterocycles. The highest BCUT2D eigenvalue weighted by Crippen LogP contribution is 2.32. The molecule has 3 rings (SSSR count). The van der Waals surface area contributed by atoms with Gasteiger partial charge in [0.25, 0.3) is 0 Å². The van der Waals surface area contributed by atoms with E-state index in [-0.39, 0.29) is 12.0 Å². The van der Waals surface area contributed by atoms with E-state index >= 15 is 0 Å². The number of nitrogens with zero attached hydrogens (tertiary/aromatic N) is 1. The Morgan fingerprint density at radius 1 is 1.19 bits per heavy atom. The van der Waals surface area contributed by atoms with Crippen LogP contribution in [0.15, 0.2) is 24.3 Å². The van der Waals surface area contributed by atoms with Crippen LogP contribution in [0.4, 0.5) is 0 Å². The normalized spacial score (nSPS) is 23.3. The van der Waals surface area contributed by atoms with Gasteiger partial charge in [-0.1, -0.05) is 25.0 Å². The maximum absolute atomic E-state index is 12.7. The highest BCUT2D eigenvalue weighted by Gasteiger charge is 2.34. The van der Waals surface area contributed by atoms with Gasteiger partial charge < -0.3 is 15.0 Å². The zero-order valence-corrected chi connectivity index (χ0v) is 12.7. The Kier molecular flexibility index (Phi) is 4.44. The largest absolute Gasteiger partial charge is 0.497 e. The Morgan fingerprint density at radius 2 is 1.95 bits per heavy atom.